The van der Waals surface area contributed by atoms with E-state index < -0.39 is 10.0 Å². The molecule has 0 fully saturated rings. The summed E-state index contributed by atoms with van der Waals surface area (Å²) in [6.07, 6.45) is 0. The molecule has 7 heteroatoms. The normalized spacial score (nSPS) is 11.7. The highest BCUT2D eigenvalue weighted by Crippen LogP contribution is 2.20. The van der Waals surface area contributed by atoms with Crippen molar-refractivity contribution in [3.05, 3.63) is 33.3 Å². The largest absolute Gasteiger partial charge is 0.312 e. The van der Waals surface area contributed by atoms with Crippen LogP contribution in [0.25, 0.3) is 0 Å². The molecule has 0 atom stereocenters. The molecule has 0 aromatic heterocycles. The second-order valence-corrected chi connectivity index (χ2v) is 6.77. The van der Waals surface area contributed by atoms with Crippen molar-refractivity contribution in [2.75, 3.05) is 19.3 Å². The van der Waals surface area contributed by atoms with Gasteiger partial charge in [-0.05, 0) is 30.8 Å². The molecular weight excluding hydrogens is 328 g/mol. The topological polar surface area (TPSA) is 58.2 Å². The van der Waals surface area contributed by atoms with Crippen LogP contribution in [-0.4, -0.2) is 27.8 Å². The minimum atomic E-state index is -3.14. The third kappa shape index (κ3) is 5.35. The van der Waals surface area contributed by atoms with Crippen molar-refractivity contribution in [3.8, 4) is 0 Å². The molecule has 0 radical (unpaired) electrons. The number of halogens is 2. The summed E-state index contributed by atoms with van der Waals surface area (Å²) >= 11 is 9.28. The highest BCUT2D eigenvalue weighted by Gasteiger charge is 2.06. The minimum absolute atomic E-state index is 0.0572. The monoisotopic (exact) mass is 340 g/mol. The number of sulfonamides is 1. The van der Waals surface area contributed by atoms with Gasteiger partial charge < -0.3 is 5.32 Å². The molecule has 0 saturated carbocycles. The van der Waals surface area contributed by atoms with Crippen molar-refractivity contribution >= 4 is 37.6 Å². The maximum atomic E-state index is 11.2. The van der Waals surface area contributed by atoms with E-state index in [1.54, 1.807) is 6.07 Å². The van der Waals surface area contributed by atoms with Gasteiger partial charge in [0.2, 0.25) is 10.0 Å². The average Bonchev–Trinajstić information content (AvgIpc) is 2.29. The highest BCUT2D eigenvalue weighted by molar-refractivity contribution is 9.10. The Morgan fingerprint density at radius 2 is 2.12 bits per heavy atom. The standard InChI is InChI=1S/C10H14BrClN2O2S/c1-13-17(15,16)5-4-14-7-8-6-9(12)2-3-10(8)11/h2-3,6,13-14H,4-5,7H2,1H3. The van der Waals surface area contributed by atoms with Crippen LogP contribution in [0.5, 0.6) is 0 Å². The van der Waals surface area contributed by atoms with E-state index in [9.17, 15) is 8.42 Å². The molecule has 17 heavy (non-hydrogen) atoms. The van der Waals surface area contributed by atoms with Crippen molar-refractivity contribution in [2.24, 2.45) is 0 Å². The van der Waals surface area contributed by atoms with Gasteiger partial charge in [-0.15, -0.1) is 0 Å². The maximum Gasteiger partial charge on any atom is 0.212 e. The summed E-state index contributed by atoms with van der Waals surface area (Å²) < 4.78 is 25.5. The molecule has 1 aromatic carbocycles. The van der Waals surface area contributed by atoms with Crippen LogP contribution in [0.4, 0.5) is 0 Å². The van der Waals surface area contributed by atoms with Crippen LogP contribution in [0.3, 0.4) is 0 Å². The number of nitrogens with one attached hydrogen (secondary N) is 2. The molecule has 0 bridgehead atoms. The van der Waals surface area contributed by atoms with Gasteiger partial charge in [0, 0.05) is 22.6 Å². The van der Waals surface area contributed by atoms with Crippen molar-refractivity contribution in [2.45, 2.75) is 6.54 Å². The van der Waals surface area contributed by atoms with Gasteiger partial charge in [-0.2, -0.15) is 0 Å². The Morgan fingerprint density at radius 3 is 2.76 bits per heavy atom. The van der Waals surface area contributed by atoms with Crippen LogP contribution >= 0.6 is 27.5 Å². The fourth-order valence-electron chi connectivity index (χ4n) is 1.21. The summed E-state index contributed by atoms with van der Waals surface area (Å²) in [5, 5.41) is 3.71. The number of hydrogen-bond donors (Lipinski definition) is 2. The zero-order chi connectivity index (χ0) is 12.9. The van der Waals surface area contributed by atoms with Crippen molar-refractivity contribution < 1.29 is 8.42 Å². The van der Waals surface area contributed by atoms with E-state index in [1.165, 1.54) is 7.05 Å². The lowest BCUT2D eigenvalue weighted by molar-refractivity contribution is 0.583. The van der Waals surface area contributed by atoms with E-state index >= 15 is 0 Å². The maximum absolute atomic E-state index is 11.2. The smallest absolute Gasteiger partial charge is 0.212 e. The van der Waals surface area contributed by atoms with Gasteiger partial charge in [0.15, 0.2) is 0 Å². The van der Waals surface area contributed by atoms with Crippen molar-refractivity contribution in [1.29, 1.82) is 0 Å². The summed E-state index contributed by atoms with van der Waals surface area (Å²) in [5.41, 5.74) is 0.999. The third-order valence-electron chi connectivity index (χ3n) is 2.18. The van der Waals surface area contributed by atoms with Gasteiger partial charge in [-0.3, -0.25) is 0 Å². The van der Waals surface area contributed by atoms with Gasteiger partial charge in [0.05, 0.1) is 5.75 Å². The zero-order valence-electron chi connectivity index (χ0n) is 9.33. The first-order valence-corrected chi connectivity index (χ1v) is 7.83. The highest BCUT2D eigenvalue weighted by atomic mass is 79.9. The average molecular weight is 342 g/mol. The molecule has 0 amide bonds. The molecule has 4 nitrogen and oxygen atoms in total. The molecule has 0 heterocycles. The van der Waals surface area contributed by atoms with E-state index in [-0.39, 0.29) is 5.75 Å². The number of rotatable bonds is 6. The molecule has 0 spiro atoms. The van der Waals surface area contributed by atoms with Gasteiger partial charge in [0.25, 0.3) is 0 Å². The van der Waals surface area contributed by atoms with E-state index in [0.717, 1.165) is 10.0 Å². The SMILES string of the molecule is CNS(=O)(=O)CCNCc1cc(Cl)ccc1Br. The van der Waals surface area contributed by atoms with Crippen LogP contribution in [0.15, 0.2) is 22.7 Å². The van der Waals surface area contributed by atoms with Gasteiger partial charge >= 0.3 is 0 Å². The Morgan fingerprint density at radius 1 is 1.41 bits per heavy atom. The van der Waals surface area contributed by atoms with Gasteiger partial charge in [-0.25, -0.2) is 13.1 Å². The lowest BCUT2D eigenvalue weighted by atomic mass is 10.2. The van der Waals surface area contributed by atoms with E-state index in [1.807, 2.05) is 12.1 Å². The Balaban J connectivity index is 2.44. The molecule has 0 aliphatic rings. The molecular formula is C10H14BrClN2O2S. The second-order valence-electron chi connectivity index (χ2n) is 3.44. The van der Waals surface area contributed by atoms with Gasteiger partial charge in [0.1, 0.15) is 0 Å². The first-order valence-electron chi connectivity index (χ1n) is 5.00. The minimum Gasteiger partial charge on any atom is -0.312 e. The summed E-state index contributed by atoms with van der Waals surface area (Å²) in [5.74, 6) is 0.0572. The van der Waals surface area contributed by atoms with Crippen LogP contribution in [-0.2, 0) is 16.6 Å². The lowest BCUT2D eigenvalue weighted by Crippen LogP contribution is -2.29. The lowest BCUT2D eigenvalue weighted by Gasteiger charge is -2.07. The van der Waals surface area contributed by atoms with Crippen LogP contribution < -0.4 is 10.0 Å². The van der Waals surface area contributed by atoms with Crippen molar-refractivity contribution in [3.63, 3.8) is 0 Å². The summed E-state index contributed by atoms with van der Waals surface area (Å²) in [6.45, 7) is 0.961. The van der Waals surface area contributed by atoms with E-state index in [2.05, 4.69) is 26.0 Å². The van der Waals surface area contributed by atoms with Crippen LogP contribution in [0.1, 0.15) is 5.56 Å². The van der Waals surface area contributed by atoms with Crippen LogP contribution in [0.2, 0.25) is 5.02 Å². The predicted molar refractivity (Wildman–Crippen MR) is 73.7 cm³/mol. The third-order valence-corrected chi connectivity index (χ3v) is 4.55. The first-order chi connectivity index (χ1) is 7.94. The molecule has 96 valence electrons. The molecule has 0 unspecified atom stereocenters. The Hall–Kier alpha value is -0.140. The fourth-order valence-corrected chi connectivity index (χ4v) is 2.41. The molecule has 2 N–H and O–H groups in total. The second kappa shape index (κ2) is 6.70. The Kier molecular flexibility index (Phi) is 5.88. The van der Waals surface area contributed by atoms with E-state index in [4.69, 9.17) is 11.6 Å². The van der Waals surface area contributed by atoms with Crippen molar-refractivity contribution in [1.82, 2.24) is 10.0 Å². The predicted octanol–water partition coefficient (Wildman–Crippen LogP) is 1.74. The molecule has 0 aliphatic carbocycles. The summed E-state index contributed by atoms with van der Waals surface area (Å²) in [4.78, 5) is 0. The molecule has 0 saturated heterocycles. The quantitative estimate of drug-likeness (QED) is 0.775. The van der Waals surface area contributed by atoms with E-state index in [0.29, 0.717) is 18.1 Å². The molecule has 0 aliphatic heterocycles. The summed E-state index contributed by atoms with van der Waals surface area (Å²) in [7, 11) is -1.74. The summed E-state index contributed by atoms with van der Waals surface area (Å²) in [6, 6.07) is 5.50. The zero-order valence-corrected chi connectivity index (χ0v) is 12.5. The molecule has 1 rings (SSSR count). The number of hydrogen-bond acceptors (Lipinski definition) is 3. The fraction of sp³-hybridized carbons (Fsp3) is 0.400. The Bertz CT molecular complexity index is 479. The Labute approximate surface area is 115 Å². The number of benzene rings is 1. The first kappa shape index (κ1) is 14.9. The van der Waals surface area contributed by atoms with Gasteiger partial charge in [-0.1, -0.05) is 27.5 Å². The molecule has 1 aromatic rings. The van der Waals surface area contributed by atoms with Crippen LogP contribution in [0, 0.1) is 0 Å².